The van der Waals surface area contributed by atoms with E-state index in [2.05, 4.69) is 26.1 Å². The molecule has 4 amide bonds. The number of thioether (sulfide) groups is 1. The normalized spacial score (nSPS) is 21.6. The van der Waals surface area contributed by atoms with E-state index in [1.165, 1.54) is 20.6 Å². The van der Waals surface area contributed by atoms with Crippen molar-refractivity contribution < 1.29 is 19.1 Å². The maximum atomic E-state index is 13.0. The number of carbonyl (C=O) groups is 3. The molecule has 7 rings (SSSR count). The van der Waals surface area contributed by atoms with Gasteiger partial charge in [-0.15, -0.1) is 11.8 Å². The van der Waals surface area contributed by atoms with Crippen LogP contribution in [-0.4, -0.2) is 108 Å². The summed E-state index contributed by atoms with van der Waals surface area (Å²) in [6, 6.07) is 5.41. The van der Waals surface area contributed by atoms with E-state index in [-0.39, 0.29) is 24.8 Å². The number of ether oxygens (including phenoxy) is 1. The van der Waals surface area contributed by atoms with Gasteiger partial charge >= 0.3 is 6.03 Å². The Morgan fingerprint density at radius 3 is 2.52 bits per heavy atom. The average Bonchev–Trinajstić information content (AvgIpc) is 3.58. The van der Waals surface area contributed by atoms with E-state index in [4.69, 9.17) is 14.7 Å². The molecule has 5 aliphatic rings. The second-order valence-corrected chi connectivity index (χ2v) is 11.8. The number of hydrazine groups is 1. The van der Waals surface area contributed by atoms with Crippen LogP contribution in [0.5, 0.6) is 0 Å². The minimum Gasteiger partial charge on any atom is -0.378 e. The van der Waals surface area contributed by atoms with Crippen LogP contribution in [0.4, 0.5) is 16.6 Å². The molecule has 5 aliphatic heterocycles. The Morgan fingerprint density at radius 2 is 1.73 bits per heavy atom. The number of anilines is 2. The van der Waals surface area contributed by atoms with Gasteiger partial charge in [0.05, 0.1) is 36.9 Å². The molecular formula is C27H32N8O4S. The highest BCUT2D eigenvalue weighted by molar-refractivity contribution is 7.99. The Kier molecular flexibility index (Phi) is 6.72. The lowest BCUT2D eigenvalue weighted by atomic mass is 10.1. The van der Waals surface area contributed by atoms with Crippen molar-refractivity contribution in [3.8, 4) is 0 Å². The molecule has 1 aromatic carbocycles. The average molecular weight is 565 g/mol. The molecule has 2 aromatic rings. The van der Waals surface area contributed by atoms with Gasteiger partial charge in [0, 0.05) is 70.0 Å². The number of nitrogens with one attached hydrogen (secondary N) is 1. The van der Waals surface area contributed by atoms with Crippen LogP contribution >= 0.6 is 11.8 Å². The van der Waals surface area contributed by atoms with Crippen molar-refractivity contribution in [2.75, 3.05) is 74.6 Å². The standard InChI is InChI=1S/C27H32N8O4S/c36-22-3-5-34(27(38)29-22)35-17-19-15-18(1-2-20(19)25(35)37)16-31-6-8-32(9-7-31)24-23-21(4-14-40-23)28-26(30-24)33-10-12-39-13-11-33/h1-2,15H,3-14,16-17H2,(H,29,36,38). The predicted octanol–water partition coefficient (Wildman–Crippen LogP) is 1.10. The van der Waals surface area contributed by atoms with Crippen molar-refractivity contribution in [3.05, 3.63) is 40.6 Å². The first-order valence-electron chi connectivity index (χ1n) is 13.9. The monoisotopic (exact) mass is 564 g/mol. The minimum absolute atomic E-state index is 0.189. The number of imide groups is 1. The summed E-state index contributed by atoms with van der Waals surface area (Å²) in [7, 11) is 0. The third kappa shape index (κ3) is 4.75. The second-order valence-electron chi connectivity index (χ2n) is 10.7. The van der Waals surface area contributed by atoms with Crippen molar-refractivity contribution in [1.82, 2.24) is 30.2 Å². The number of piperazine rings is 1. The van der Waals surface area contributed by atoms with Crippen LogP contribution in [0.3, 0.4) is 0 Å². The lowest BCUT2D eigenvalue weighted by molar-refractivity contribution is -0.123. The molecule has 40 heavy (non-hydrogen) atoms. The van der Waals surface area contributed by atoms with Crippen LogP contribution in [-0.2, 0) is 29.0 Å². The van der Waals surface area contributed by atoms with Gasteiger partial charge in [0.15, 0.2) is 0 Å². The molecule has 210 valence electrons. The van der Waals surface area contributed by atoms with E-state index in [1.54, 1.807) is 0 Å². The number of nitrogens with zero attached hydrogens (tertiary/aromatic N) is 7. The summed E-state index contributed by atoms with van der Waals surface area (Å²) < 4.78 is 5.53. The first-order chi connectivity index (χ1) is 19.5. The summed E-state index contributed by atoms with van der Waals surface area (Å²) in [5.41, 5.74) is 3.85. The molecule has 3 fully saturated rings. The predicted molar refractivity (Wildman–Crippen MR) is 148 cm³/mol. The van der Waals surface area contributed by atoms with E-state index < -0.39 is 6.03 Å². The van der Waals surface area contributed by atoms with Crippen molar-refractivity contribution in [1.29, 1.82) is 0 Å². The molecule has 0 atom stereocenters. The number of aryl methyl sites for hydroxylation is 1. The van der Waals surface area contributed by atoms with Crippen LogP contribution < -0.4 is 15.1 Å². The number of amides is 4. The fraction of sp³-hybridized carbons (Fsp3) is 0.519. The van der Waals surface area contributed by atoms with Gasteiger partial charge in [-0.1, -0.05) is 12.1 Å². The van der Waals surface area contributed by atoms with Crippen molar-refractivity contribution >= 4 is 41.4 Å². The number of hydrogen-bond donors (Lipinski definition) is 1. The smallest absolute Gasteiger partial charge is 0.342 e. The third-order valence-electron chi connectivity index (χ3n) is 8.14. The molecule has 0 bridgehead atoms. The van der Waals surface area contributed by atoms with Crippen LogP contribution in [0, 0.1) is 0 Å². The van der Waals surface area contributed by atoms with E-state index in [0.29, 0.717) is 25.3 Å². The topological polar surface area (TPSA) is 114 Å². The second kappa shape index (κ2) is 10.5. The molecule has 3 saturated heterocycles. The Bertz CT molecular complexity index is 1360. The number of carbonyl (C=O) groups excluding carboxylic acids is 3. The van der Waals surface area contributed by atoms with Gasteiger partial charge in [0.25, 0.3) is 5.91 Å². The highest BCUT2D eigenvalue weighted by atomic mass is 32.2. The summed E-state index contributed by atoms with van der Waals surface area (Å²) in [5, 5.41) is 5.08. The van der Waals surface area contributed by atoms with Gasteiger partial charge in [0.1, 0.15) is 5.82 Å². The Hall–Kier alpha value is -3.42. The number of morpholine rings is 1. The fourth-order valence-corrected chi connectivity index (χ4v) is 7.09. The number of rotatable bonds is 5. The quantitative estimate of drug-likeness (QED) is 0.566. The molecule has 0 aliphatic carbocycles. The SMILES string of the molecule is O=C1CCN(N2Cc3cc(CN4CCN(c5nc(N6CCOCC6)nc6c5SCC6)CC4)ccc3C2=O)C(=O)N1. The van der Waals surface area contributed by atoms with Crippen molar-refractivity contribution in [2.24, 2.45) is 0 Å². The van der Waals surface area contributed by atoms with E-state index in [1.807, 2.05) is 23.9 Å². The van der Waals surface area contributed by atoms with Gasteiger partial charge < -0.3 is 14.5 Å². The molecule has 0 radical (unpaired) electrons. The highest BCUT2D eigenvalue weighted by Gasteiger charge is 2.37. The van der Waals surface area contributed by atoms with Gasteiger partial charge in [-0.05, 0) is 17.2 Å². The Labute approximate surface area is 236 Å². The fourth-order valence-electron chi connectivity index (χ4n) is 5.97. The molecule has 13 heteroatoms. The van der Waals surface area contributed by atoms with Crippen LogP contribution in [0.15, 0.2) is 23.1 Å². The zero-order valence-corrected chi connectivity index (χ0v) is 23.1. The molecular weight excluding hydrogens is 532 g/mol. The lowest BCUT2D eigenvalue weighted by Gasteiger charge is -2.36. The molecule has 0 unspecified atom stereocenters. The summed E-state index contributed by atoms with van der Waals surface area (Å²) in [6.45, 7) is 8.05. The van der Waals surface area contributed by atoms with E-state index in [0.717, 1.165) is 80.9 Å². The first-order valence-corrected chi connectivity index (χ1v) is 14.9. The maximum Gasteiger partial charge on any atom is 0.342 e. The van der Waals surface area contributed by atoms with Crippen molar-refractivity contribution in [2.45, 2.75) is 30.8 Å². The maximum absolute atomic E-state index is 13.0. The van der Waals surface area contributed by atoms with Crippen molar-refractivity contribution in [3.63, 3.8) is 0 Å². The van der Waals surface area contributed by atoms with E-state index in [9.17, 15) is 14.4 Å². The van der Waals surface area contributed by atoms with Gasteiger partial charge in [-0.2, -0.15) is 4.98 Å². The number of benzene rings is 1. The van der Waals surface area contributed by atoms with Gasteiger partial charge in [-0.3, -0.25) is 19.8 Å². The largest absolute Gasteiger partial charge is 0.378 e. The van der Waals surface area contributed by atoms with Gasteiger partial charge in [0.2, 0.25) is 11.9 Å². The molecule has 1 N–H and O–H groups in total. The van der Waals surface area contributed by atoms with Crippen LogP contribution in [0.1, 0.15) is 33.6 Å². The number of hydrogen-bond acceptors (Lipinski definition) is 10. The zero-order valence-electron chi connectivity index (χ0n) is 22.3. The first kappa shape index (κ1) is 25.5. The van der Waals surface area contributed by atoms with Crippen LogP contribution in [0.2, 0.25) is 0 Å². The Morgan fingerprint density at radius 1 is 0.900 bits per heavy atom. The minimum atomic E-state index is -0.541. The number of fused-ring (bicyclic) bond motifs is 2. The van der Waals surface area contributed by atoms with Crippen LogP contribution in [0.25, 0.3) is 0 Å². The Balaban J connectivity index is 1.00. The molecule has 12 nitrogen and oxygen atoms in total. The van der Waals surface area contributed by atoms with Gasteiger partial charge in [-0.25, -0.2) is 19.8 Å². The summed E-state index contributed by atoms with van der Waals surface area (Å²) in [5.74, 6) is 2.45. The molecule has 0 spiro atoms. The highest BCUT2D eigenvalue weighted by Crippen LogP contribution is 2.39. The molecule has 0 saturated carbocycles. The number of urea groups is 1. The molecule has 6 heterocycles. The van der Waals surface area contributed by atoms with E-state index >= 15 is 0 Å². The summed E-state index contributed by atoms with van der Waals surface area (Å²) in [6.07, 6.45) is 1.18. The molecule has 1 aromatic heterocycles. The lowest BCUT2D eigenvalue weighted by Crippen LogP contribution is -2.56. The zero-order chi connectivity index (χ0) is 27.2. The third-order valence-corrected chi connectivity index (χ3v) is 9.26. The number of aromatic nitrogens is 2. The summed E-state index contributed by atoms with van der Waals surface area (Å²) >= 11 is 1.87. The summed E-state index contributed by atoms with van der Waals surface area (Å²) in [4.78, 5) is 55.1.